The predicted octanol–water partition coefficient (Wildman–Crippen LogP) is 4.81. The monoisotopic (exact) mass is 413 g/mol. The highest BCUT2D eigenvalue weighted by Crippen LogP contribution is 2.32. The van der Waals surface area contributed by atoms with Gasteiger partial charge in [-0.15, -0.1) is 0 Å². The SMILES string of the molecule is CC(C)C(=O)N(Cc1cc(NC(=O)c2ccccc2Cl)ccc1N(C)C)C1CC1. The second kappa shape index (κ2) is 8.87. The highest BCUT2D eigenvalue weighted by molar-refractivity contribution is 6.34. The maximum absolute atomic E-state index is 12.7. The molecule has 2 amide bonds. The molecule has 1 aliphatic rings. The zero-order chi connectivity index (χ0) is 21.1. The van der Waals surface area contributed by atoms with E-state index in [1.54, 1.807) is 24.3 Å². The molecule has 0 bridgehead atoms. The van der Waals surface area contributed by atoms with Crippen molar-refractivity contribution in [2.45, 2.75) is 39.3 Å². The number of benzene rings is 2. The van der Waals surface area contributed by atoms with Crippen LogP contribution in [0.25, 0.3) is 0 Å². The van der Waals surface area contributed by atoms with Crippen molar-refractivity contribution >= 4 is 34.8 Å². The number of amides is 2. The minimum atomic E-state index is -0.253. The molecule has 2 aromatic carbocycles. The molecule has 0 spiro atoms. The van der Waals surface area contributed by atoms with Gasteiger partial charge >= 0.3 is 0 Å². The lowest BCUT2D eigenvalue weighted by Crippen LogP contribution is -2.36. The molecule has 3 rings (SSSR count). The third kappa shape index (κ3) is 5.10. The van der Waals surface area contributed by atoms with Crippen LogP contribution in [0, 0.1) is 5.92 Å². The van der Waals surface area contributed by atoms with E-state index in [0.29, 0.717) is 28.9 Å². The van der Waals surface area contributed by atoms with E-state index in [1.807, 2.05) is 55.9 Å². The van der Waals surface area contributed by atoms with Crippen LogP contribution in [0.2, 0.25) is 5.02 Å². The lowest BCUT2D eigenvalue weighted by Gasteiger charge is -2.27. The minimum Gasteiger partial charge on any atom is -0.377 e. The molecule has 1 N–H and O–H groups in total. The van der Waals surface area contributed by atoms with Gasteiger partial charge in [-0.05, 0) is 48.7 Å². The number of rotatable bonds is 7. The molecule has 0 atom stereocenters. The summed E-state index contributed by atoms with van der Waals surface area (Å²) in [7, 11) is 3.96. The van der Waals surface area contributed by atoms with Gasteiger partial charge in [0.15, 0.2) is 0 Å². The van der Waals surface area contributed by atoms with Crippen LogP contribution >= 0.6 is 11.6 Å². The fraction of sp³-hybridized carbons (Fsp3) is 0.391. The van der Waals surface area contributed by atoms with Gasteiger partial charge in [-0.25, -0.2) is 0 Å². The third-order valence-corrected chi connectivity index (χ3v) is 5.37. The van der Waals surface area contributed by atoms with E-state index < -0.39 is 0 Å². The van der Waals surface area contributed by atoms with E-state index in [1.165, 1.54) is 0 Å². The summed E-state index contributed by atoms with van der Waals surface area (Å²) in [4.78, 5) is 29.4. The Morgan fingerprint density at radius 2 is 1.83 bits per heavy atom. The largest absolute Gasteiger partial charge is 0.377 e. The Hall–Kier alpha value is -2.53. The molecular formula is C23H28ClN3O2. The Labute approximate surface area is 177 Å². The molecule has 6 heteroatoms. The van der Waals surface area contributed by atoms with Crippen LogP contribution in [0.1, 0.15) is 42.6 Å². The first kappa shape index (κ1) is 21.2. The van der Waals surface area contributed by atoms with Crippen molar-refractivity contribution < 1.29 is 9.59 Å². The van der Waals surface area contributed by atoms with E-state index in [9.17, 15) is 9.59 Å². The summed E-state index contributed by atoms with van der Waals surface area (Å²) in [5, 5.41) is 3.34. The summed E-state index contributed by atoms with van der Waals surface area (Å²) >= 11 is 6.15. The summed E-state index contributed by atoms with van der Waals surface area (Å²) in [6.45, 7) is 4.40. The topological polar surface area (TPSA) is 52.7 Å². The highest BCUT2D eigenvalue weighted by atomic mass is 35.5. The zero-order valence-corrected chi connectivity index (χ0v) is 18.2. The van der Waals surface area contributed by atoms with Crippen molar-refractivity contribution in [3.63, 3.8) is 0 Å². The average Bonchev–Trinajstić information content (AvgIpc) is 3.50. The molecule has 0 saturated heterocycles. The summed E-state index contributed by atoms with van der Waals surface area (Å²) < 4.78 is 0. The average molecular weight is 414 g/mol. The van der Waals surface area contributed by atoms with Gasteiger partial charge in [-0.3, -0.25) is 9.59 Å². The molecule has 0 radical (unpaired) electrons. The second-order valence-electron chi connectivity index (χ2n) is 8.02. The van der Waals surface area contributed by atoms with E-state index in [-0.39, 0.29) is 17.7 Å². The molecule has 0 aromatic heterocycles. The van der Waals surface area contributed by atoms with Gasteiger partial charge in [0.2, 0.25) is 5.91 Å². The Kier molecular flexibility index (Phi) is 6.48. The van der Waals surface area contributed by atoms with Crippen LogP contribution in [0.4, 0.5) is 11.4 Å². The molecule has 154 valence electrons. The first-order valence-corrected chi connectivity index (χ1v) is 10.3. The molecule has 1 fully saturated rings. The van der Waals surface area contributed by atoms with Gasteiger partial charge < -0.3 is 15.1 Å². The van der Waals surface area contributed by atoms with E-state index in [2.05, 4.69) is 5.32 Å². The Bertz CT molecular complexity index is 907. The van der Waals surface area contributed by atoms with E-state index in [0.717, 1.165) is 24.1 Å². The fourth-order valence-electron chi connectivity index (χ4n) is 3.36. The predicted molar refractivity (Wildman–Crippen MR) is 119 cm³/mol. The van der Waals surface area contributed by atoms with Gasteiger partial charge in [0.25, 0.3) is 5.91 Å². The van der Waals surface area contributed by atoms with Crippen molar-refractivity contribution in [1.29, 1.82) is 0 Å². The maximum Gasteiger partial charge on any atom is 0.257 e. The lowest BCUT2D eigenvalue weighted by atomic mass is 10.1. The van der Waals surface area contributed by atoms with Gasteiger partial charge in [0, 0.05) is 44.0 Å². The number of hydrogen-bond acceptors (Lipinski definition) is 3. The number of anilines is 2. The number of carbonyl (C=O) groups excluding carboxylic acids is 2. The van der Waals surface area contributed by atoms with Crippen LogP contribution in [0.3, 0.4) is 0 Å². The van der Waals surface area contributed by atoms with Crippen LogP contribution in [0.5, 0.6) is 0 Å². The molecule has 5 nitrogen and oxygen atoms in total. The quantitative estimate of drug-likeness (QED) is 0.708. The molecule has 29 heavy (non-hydrogen) atoms. The third-order valence-electron chi connectivity index (χ3n) is 5.04. The Balaban J connectivity index is 1.87. The minimum absolute atomic E-state index is 0.0403. The maximum atomic E-state index is 12.7. The number of hydrogen-bond donors (Lipinski definition) is 1. The van der Waals surface area contributed by atoms with Crippen molar-refractivity contribution in [3.05, 3.63) is 58.6 Å². The normalized spacial score (nSPS) is 13.3. The standard InChI is InChI=1S/C23H28ClN3O2/c1-15(2)23(29)27(18-10-11-18)14-16-13-17(9-12-21(16)26(3)4)25-22(28)19-7-5-6-8-20(19)24/h5-9,12-13,15,18H,10-11,14H2,1-4H3,(H,25,28). The summed E-state index contributed by atoms with van der Waals surface area (Å²) in [5.74, 6) is -0.124. The zero-order valence-electron chi connectivity index (χ0n) is 17.4. The van der Waals surface area contributed by atoms with Crippen molar-refractivity contribution in [1.82, 2.24) is 4.90 Å². The second-order valence-corrected chi connectivity index (χ2v) is 8.43. The van der Waals surface area contributed by atoms with Crippen LogP contribution < -0.4 is 10.2 Å². The number of halogens is 1. The molecule has 0 heterocycles. The van der Waals surface area contributed by atoms with E-state index in [4.69, 9.17) is 11.6 Å². The molecule has 0 aliphatic heterocycles. The first-order chi connectivity index (χ1) is 13.8. The van der Waals surface area contributed by atoms with Crippen molar-refractivity contribution in [2.24, 2.45) is 5.92 Å². The van der Waals surface area contributed by atoms with Gasteiger partial charge in [-0.2, -0.15) is 0 Å². The van der Waals surface area contributed by atoms with Gasteiger partial charge in [0.1, 0.15) is 0 Å². The van der Waals surface area contributed by atoms with E-state index >= 15 is 0 Å². The van der Waals surface area contributed by atoms with Gasteiger partial charge in [0.05, 0.1) is 10.6 Å². The lowest BCUT2D eigenvalue weighted by molar-refractivity contribution is -0.135. The number of nitrogens with zero attached hydrogens (tertiary/aromatic N) is 2. The van der Waals surface area contributed by atoms with Crippen LogP contribution in [0.15, 0.2) is 42.5 Å². The Morgan fingerprint density at radius 3 is 2.41 bits per heavy atom. The number of nitrogens with one attached hydrogen (secondary N) is 1. The molecule has 2 aromatic rings. The first-order valence-electron chi connectivity index (χ1n) is 9.94. The summed E-state index contributed by atoms with van der Waals surface area (Å²) in [6.07, 6.45) is 2.11. The molecule has 1 saturated carbocycles. The summed E-state index contributed by atoms with van der Waals surface area (Å²) in [6, 6.07) is 13.1. The summed E-state index contributed by atoms with van der Waals surface area (Å²) in [5.41, 5.74) is 3.15. The highest BCUT2D eigenvalue weighted by Gasteiger charge is 2.34. The van der Waals surface area contributed by atoms with Crippen LogP contribution in [-0.2, 0) is 11.3 Å². The molecule has 1 aliphatic carbocycles. The number of carbonyl (C=O) groups is 2. The molecular weight excluding hydrogens is 386 g/mol. The fourth-order valence-corrected chi connectivity index (χ4v) is 3.58. The molecule has 0 unspecified atom stereocenters. The Morgan fingerprint density at radius 1 is 1.14 bits per heavy atom. The van der Waals surface area contributed by atoms with Crippen molar-refractivity contribution in [3.8, 4) is 0 Å². The smallest absolute Gasteiger partial charge is 0.257 e. The van der Waals surface area contributed by atoms with Crippen molar-refractivity contribution in [2.75, 3.05) is 24.3 Å². The van der Waals surface area contributed by atoms with Crippen LogP contribution in [-0.4, -0.2) is 36.9 Å². The van der Waals surface area contributed by atoms with Gasteiger partial charge in [-0.1, -0.05) is 37.6 Å².